The van der Waals surface area contributed by atoms with Gasteiger partial charge in [-0.1, -0.05) is 84.9 Å². The topological polar surface area (TPSA) is 136 Å². The summed E-state index contributed by atoms with van der Waals surface area (Å²) in [7, 11) is -4.67. The van der Waals surface area contributed by atoms with Gasteiger partial charge in [0.1, 0.15) is 5.78 Å². The number of amides is 1. The highest BCUT2D eigenvalue weighted by molar-refractivity contribution is 7.52. The molecule has 0 aliphatic carbocycles. The van der Waals surface area contributed by atoms with Crippen molar-refractivity contribution in [3.8, 4) is 11.1 Å². The summed E-state index contributed by atoms with van der Waals surface area (Å²) in [6.07, 6.45) is -0.109. The van der Waals surface area contributed by atoms with E-state index in [9.17, 15) is 23.9 Å². The van der Waals surface area contributed by atoms with Gasteiger partial charge in [-0.3, -0.25) is 19.5 Å². The Morgan fingerprint density at radius 1 is 0.824 bits per heavy atom. The lowest BCUT2D eigenvalue weighted by Gasteiger charge is -2.26. The van der Waals surface area contributed by atoms with Gasteiger partial charge in [-0.15, -0.1) is 0 Å². The van der Waals surface area contributed by atoms with E-state index in [1.165, 1.54) is 0 Å². The molecule has 0 radical (unpaired) electrons. The van der Waals surface area contributed by atoms with Crippen LogP contribution in [0.1, 0.15) is 23.3 Å². The Bertz CT molecular complexity index is 1130. The molecule has 178 valence electrons. The monoisotopic (exact) mass is 482 g/mol. The third kappa shape index (κ3) is 7.37. The van der Waals surface area contributed by atoms with Crippen molar-refractivity contribution in [2.45, 2.75) is 24.7 Å². The molecule has 0 saturated heterocycles. The van der Waals surface area contributed by atoms with Gasteiger partial charge in [-0.25, -0.2) is 0 Å². The molecule has 5 N–H and O–H groups in total. The van der Waals surface area contributed by atoms with E-state index in [1.54, 1.807) is 30.3 Å². The van der Waals surface area contributed by atoms with E-state index in [0.29, 0.717) is 5.56 Å². The van der Waals surface area contributed by atoms with Crippen LogP contribution in [-0.4, -0.2) is 39.4 Å². The first kappa shape index (κ1) is 25.3. The molecule has 1 amide bonds. The molecule has 3 aromatic rings. The molecule has 0 heterocycles. The Labute approximate surface area is 197 Å². The second-order valence-electron chi connectivity index (χ2n) is 7.82. The molecule has 3 rings (SSSR count). The molecule has 2 atom stereocenters. The quantitative estimate of drug-likeness (QED) is 0.265. The molecule has 8 nitrogen and oxygen atoms in total. The average molecular weight is 482 g/mol. The summed E-state index contributed by atoms with van der Waals surface area (Å²) in [4.78, 5) is 43.7. The highest BCUT2D eigenvalue weighted by atomic mass is 31.2. The SMILES string of the molecule is O=C(O)CCNC(=O)C(Cc1ccc(-c2ccccc2)cc1)NC(c1ccccc1)P(=O)(O)O. The first-order valence-electron chi connectivity index (χ1n) is 10.7. The summed E-state index contributed by atoms with van der Waals surface area (Å²) in [5.41, 5.74) is 3.17. The number of carbonyl (C=O) groups is 2. The van der Waals surface area contributed by atoms with Crippen molar-refractivity contribution in [2.75, 3.05) is 6.54 Å². The highest BCUT2D eigenvalue weighted by Gasteiger charge is 2.34. The fourth-order valence-corrected chi connectivity index (χ4v) is 4.49. The van der Waals surface area contributed by atoms with E-state index in [2.05, 4.69) is 10.6 Å². The fourth-order valence-electron chi connectivity index (χ4n) is 3.56. The fraction of sp³-hybridized carbons (Fsp3) is 0.200. The number of carboxylic acid groups (broad SMARTS) is 1. The Hall–Kier alpha value is -3.29. The first-order chi connectivity index (χ1) is 16.2. The van der Waals surface area contributed by atoms with Gasteiger partial charge in [0.05, 0.1) is 12.5 Å². The van der Waals surface area contributed by atoms with Crippen LogP contribution in [0.4, 0.5) is 0 Å². The summed E-state index contributed by atoms with van der Waals surface area (Å²) in [6, 6.07) is 24.5. The van der Waals surface area contributed by atoms with E-state index >= 15 is 0 Å². The van der Waals surface area contributed by atoms with Gasteiger partial charge in [0.15, 0.2) is 0 Å². The van der Waals surface area contributed by atoms with Crippen LogP contribution in [0.15, 0.2) is 84.9 Å². The third-order valence-electron chi connectivity index (χ3n) is 5.27. The molecule has 0 aromatic heterocycles. The molecule has 0 saturated carbocycles. The normalized spacial score (nSPS) is 13.1. The van der Waals surface area contributed by atoms with Crippen LogP contribution < -0.4 is 10.6 Å². The van der Waals surface area contributed by atoms with Gasteiger partial charge < -0.3 is 20.2 Å². The molecule has 0 fully saturated rings. The van der Waals surface area contributed by atoms with E-state index < -0.39 is 31.3 Å². The van der Waals surface area contributed by atoms with E-state index in [0.717, 1.165) is 16.7 Å². The van der Waals surface area contributed by atoms with Gasteiger partial charge in [-0.05, 0) is 28.7 Å². The minimum absolute atomic E-state index is 0.0921. The minimum Gasteiger partial charge on any atom is -0.481 e. The molecule has 0 spiro atoms. The number of carboxylic acids is 1. The summed E-state index contributed by atoms with van der Waals surface area (Å²) in [5, 5.41) is 14.2. The van der Waals surface area contributed by atoms with Crippen LogP contribution in [0.3, 0.4) is 0 Å². The second-order valence-corrected chi connectivity index (χ2v) is 9.52. The lowest BCUT2D eigenvalue weighted by atomic mass is 10.00. The van der Waals surface area contributed by atoms with Gasteiger partial charge in [-0.2, -0.15) is 0 Å². The van der Waals surface area contributed by atoms with E-state index in [4.69, 9.17) is 5.11 Å². The molecular weight excluding hydrogens is 455 g/mol. The van der Waals surface area contributed by atoms with Gasteiger partial charge in [0, 0.05) is 6.54 Å². The number of aliphatic carboxylic acids is 1. The smallest absolute Gasteiger partial charge is 0.346 e. The lowest BCUT2D eigenvalue weighted by Crippen LogP contribution is -2.47. The maximum atomic E-state index is 12.9. The summed E-state index contributed by atoms with van der Waals surface area (Å²) < 4.78 is 12.3. The number of benzene rings is 3. The molecule has 0 aliphatic rings. The van der Waals surface area contributed by atoms with Crippen molar-refractivity contribution in [1.29, 1.82) is 0 Å². The van der Waals surface area contributed by atoms with Crippen LogP contribution in [0.25, 0.3) is 11.1 Å². The maximum Gasteiger partial charge on any atom is 0.346 e. The van der Waals surface area contributed by atoms with Crippen molar-refractivity contribution in [1.82, 2.24) is 10.6 Å². The zero-order chi connectivity index (χ0) is 24.6. The van der Waals surface area contributed by atoms with Crippen molar-refractivity contribution in [3.63, 3.8) is 0 Å². The molecular formula is C25H27N2O6P. The van der Waals surface area contributed by atoms with E-state index in [1.807, 2.05) is 54.6 Å². The van der Waals surface area contributed by atoms with Gasteiger partial charge in [0.2, 0.25) is 5.91 Å². The number of rotatable bonds is 11. The minimum atomic E-state index is -4.67. The van der Waals surface area contributed by atoms with Crippen LogP contribution in [-0.2, 0) is 20.6 Å². The number of carbonyl (C=O) groups excluding carboxylic acids is 1. The highest BCUT2D eigenvalue weighted by Crippen LogP contribution is 2.50. The van der Waals surface area contributed by atoms with Crippen molar-refractivity contribution in [3.05, 3.63) is 96.1 Å². The standard InChI is InChI=1S/C25H27N2O6P/c28-23(29)15-16-26-24(30)22(27-25(34(31,32)33)21-9-5-2-6-10-21)17-18-11-13-20(14-12-18)19-7-3-1-4-8-19/h1-14,22,25,27H,15-17H2,(H,26,30)(H,28,29)(H2,31,32,33). The number of hydrogen-bond donors (Lipinski definition) is 5. The number of hydrogen-bond acceptors (Lipinski definition) is 4. The molecule has 2 unspecified atom stereocenters. The van der Waals surface area contributed by atoms with Crippen LogP contribution in [0.5, 0.6) is 0 Å². The predicted octanol–water partition coefficient (Wildman–Crippen LogP) is 3.32. The molecule has 0 bridgehead atoms. The Balaban J connectivity index is 1.83. The van der Waals surface area contributed by atoms with Crippen LogP contribution in [0, 0.1) is 0 Å². The van der Waals surface area contributed by atoms with Crippen molar-refractivity contribution in [2.24, 2.45) is 0 Å². The van der Waals surface area contributed by atoms with Gasteiger partial charge >= 0.3 is 13.6 Å². The summed E-state index contributed by atoms with van der Waals surface area (Å²) in [6.45, 7) is -0.0921. The zero-order valence-corrected chi connectivity index (χ0v) is 19.3. The average Bonchev–Trinajstić information content (AvgIpc) is 2.82. The van der Waals surface area contributed by atoms with E-state index in [-0.39, 0.29) is 19.4 Å². The zero-order valence-electron chi connectivity index (χ0n) is 18.4. The Kier molecular flexibility index (Phi) is 8.73. The molecule has 34 heavy (non-hydrogen) atoms. The van der Waals surface area contributed by atoms with Crippen LogP contribution >= 0.6 is 7.60 Å². The number of nitrogens with one attached hydrogen (secondary N) is 2. The molecule has 9 heteroatoms. The largest absolute Gasteiger partial charge is 0.481 e. The first-order valence-corrected chi connectivity index (χ1v) is 12.4. The Morgan fingerprint density at radius 3 is 1.94 bits per heavy atom. The molecule has 3 aromatic carbocycles. The van der Waals surface area contributed by atoms with Crippen LogP contribution in [0.2, 0.25) is 0 Å². The molecule has 0 aliphatic heterocycles. The second kappa shape index (κ2) is 11.7. The third-order valence-corrected chi connectivity index (χ3v) is 6.39. The predicted molar refractivity (Wildman–Crippen MR) is 129 cm³/mol. The summed E-state index contributed by atoms with van der Waals surface area (Å²) >= 11 is 0. The summed E-state index contributed by atoms with van der Waals surface area (Å²) in [5.74, 6) is -2.99. The maximum absolute atomic E-state index is 12.9. The Morgan fingerprint density at radius 2 is 1.38 bits per heavy atom. The van der Waals surface area contributed by atoms with Crippen molar-refractivity contribution >= 4 is 19.5 Å². The lowest BCUT2D eigenvalue weighted by molar-refractivity contribution is -0.137. The van der Waals surface area contributed by atoms with Crippen molar-refractivity contribution < 1.29 is 29.0 Å². The van der Waals surface area contributed by atoms with Gasteiger partial charge in [0.25, 0.3) is 0 Å².